The zero-order valence-electron chi connectivity index (χ0n) is 18.1. The van der Waals surface area contributed by atoms with E-state index in [-0.39, 0.29) is 17.9 Å². The van der Waals surface area contributed by atoms with E-state index in [9.17, 15) is 4.79 Å². The number of hydrogen-bond donors (Lipinski definition) is 2. The van der Waals surface area contributed by atoms with Gasteiger partial charge in [0.2, 0.25) is 5.91 Å². The molecule has 1 aliphatic carbocycles. The van der Waals surface area contributed by atoms with Crippen molar-refractivity contribution in [1.82, 2.24) is 5.32 Å². The third-order valence-corrected chi connectivity index (χ3v) is 5.85. The van der Waals surface area contributed by atoms with Crippen LogP contribution in [0.15, 0.2) is 47.7 Å². The van der Waals surface area contributed by atoms with Crippen LogP contribution in [0.3, 0.4) is 0 Å². The number of nitrogens with zero attached hydrogens (tertiary/aromatic N) is 2. The number of benzene rings is 2. The first-order valence-electron chi connectivity index (χ1n) is 10.6. The molecular formula is C24H28N4O3. The average Bonchev–Trinajstić information content (AvgIpc) is 3.63. The lowest BCUT2D eigenvalue weighted by Crippen LogP contribution is -2.43. The number of anilines is 1. The van der Waals surface area contributed by atoms with Crippen molar-refractivity contribution in [2.45, 2.75) is 38.6 Å². The molecule has 1 saturated carbocycles. The van der Waals surface area contributed by atoms with Crippen LogP contribution in [-0.2, 0) is 11.2 Å². The van der Waals surface area contributed by atoms with Crippen LogP contribution in [0, 0.1) is 11.4 Å². The highest BCUT2D eigenvalue weighted by atomic mass is 16.5. The summed E-state index contributed by atoms with van der Waals surface area (Å²) in [6, 6.07) is 11.4. The molecular weight excluding hydrogens is 392 g/mol. The van der Waals surface area contributed by atoms with E-state index in [0.717, 1.165) is 36.9 Å². The molecule has 0 saturated heterocycles. The van der Waals surface area contributed by atoms with E-state index in [1.54, 1.807) is 20.4 Å². The number of carbonyl (C=O) groups excluding carboxylic acids is 1. The van der Waals surface area contributed by atoms with Crippen molar-refractivity contribution in [2.75, 3.05) is 19.1 Å². The van der Waals surface area contributed by atoms with Gasteiger partial charge in [-0.2, -0.15) is 5.11 Å². The first kappa shape index (κ1) is 20.9. The van der Waals surface area contributed by atoms with Crippen LogP contribution in [0.4, 0.5) is 5.69 Å². The highest BCUT2D eigenvalue weighted by Gasteiger charge is 2.39. The molecule has 2 aromatic rings. The quantitative estimate of drug-likeness (QED) is 0.609. The maximum atomic E-state index is 13.1. The lowest BCUT2D eigenvalue weighted by molar-refractivity contribution is -0.120. The predicted molar refractivity (Wildman–Crippen MR) is 120 cm³/mol. The third kappa shape index (κ3) is 4.13. The van der Waals surface area contributed by atoms with Crippen LogP contribution in [0.5, 0.6) is 17.2 Å². The fraction of sp³-hybridized carbons (Fsp3) is 0.375. The molecule has 1 aliphatic heterocycles. The van der Waals surface area contributed by atoms with Gasteiger partial charge in [0.15, 0.2) is 0 Å². The van der Waals surface area contributed by atoms with Crippen LogP contribution in [-0.4, -0.2) is 26.1 Å². The molecule has 0 spiro atoms. The molecule has 0 bridgehead atoms. The van der Waals surface area contributed by atoms with Crippen molar-refractivity contribution in [2.24, 2.45) is 11.0 Å². The summed E-state index contributed by atoms with van der Waals surface area (Å²) in [5, 5.41) is 6.65. The van der Waals surface area contributed by atoms with Crippen LogP contribution in [0.2, 0.25) is 0 Å². The van der Waals surface area contributed by atoms with Gasteiger partial charge in [0.1, 0.15) is 22.9 Å². The number of ether oxygens (including phenoxy) is 2. The number of fused-ring (bicyclic) bond motifs is 1. The summed E-state index contributed by atoms with van der Waals surface area (Å²) in [6.45, 7) is 2.10. The van der Waals surface area contributed by atoms with Gasteiger partial charge in [0, 0.05) is 42.4 Å². The molecule has 7 nitrogen and oxygen atoms in total. The minimum Gasteiger partial charge on any atom is -0.497 e. The van der Waals surface area contributed by atoms with Crippen molar-refractivity contribution in [3.8, 4) is 17.2 Å². The Morgan fingerprint density at radius 1 is 1.23 bits per heavy atom. The third-order valence-electron chi connectivity index (χ3n) is 5.85. The van der Waals surface area contributed by atoms with Gasteiger partial charge in [-0.1, -0.05) is 6.07 Å². The summed E-state index contributed by atoms with van der Waals surface area (Å²) in [5.41, 5.74) is 10.7. The standard InChI is InChI=1S/C24H28N4O3/c1-15-7-10-20-22(28(15)24(29)16-8-9-16)12-11-19(21(27-25)14-26-2)23(20)31-18-6-4-5-17(13-18)30-3/h4-6,11-16,25-26H,7-10H2,1-3H3/b21-14-,27-25?/t15-/m0/s1. The van der Waals surface area contributed by atoms with Gasteiger partial charge in [0.25, 0.3) is 0 Å². The second kappa shape index (κ2) is 8.79. The van der Waals surface area contributed by atoms with E-state index < -0.39 is 0 Å². The summed E-state index contributed by atoms with van der Waals surface area (Å²) >= 11 is 0. The number of rotatable bonds is 7. The molecule has 1 fully saturated rings. The molecule has 2 aromatic carbocycles. The Morgan fingerprint density at radius 2 is 2.00 bits per heavy atom. The number of nitrogens with one attached hydrogen (secondary N) is 2. The highest BCUT2D eigenvalue weighted by Crippen LogP contribution is 2.45. The van der Waals surface area contributed by atoms with Crippen molar-refractivity contribution in [3.05, 3.63) is 53.7 Å². The van der Waals surface area contributed by atoms with Crippen molar-refractivity contribution in [1.29, 1.82) is 5.53 Å². The zero-order chi connectivity index (χ0) is 22.0. The first-order valence-corrected chi connectivity index (χ1v) is 10.6. The van der Waals surface area contributed by atoms with Gasteiger partial charge in [-0.05, 0) is 56.9 Å². The molecule has 4 rings (SSSR count). The summed E-state index contributed by atoms with van der Waals surface area (Å²) < 4.78 is 11.7. The number of hydrogen-bond acceptors (Lipinski definition) is 6. The summed E-state index contributed by atoms with van der Waals surface area (Å²) in [6.07, 6.45) is 5.24. The molecule has 1 atom stereocenters. The first-order chi connectivity index (χ1) is 15.1. The Kier molecular flexibility index (Phi) is 5.93. The maximum Gasteiger partial charge on any atom is 0.230 e. The van der Waals surface area contributed by atoms with Crippen molar-refractivity contribution in [3.63, 3.8) is 0 Å². The van der Waals surface area contributed by atoms with Crippen LogP contribution in [0.25, 0.3) is 5.70 Å². The zero-order valence-corrected chi connectivity index (χ0v) is 18.1. The SMILES string of the molecule is CN/C=C(\N=N)c1ccc2c(c1Oc1cccc(OC)c1)CC[C@H](C)N2C(=O)C1CC1. The van der Waals surface area contributed by atoms with E-state index in [1.807, 2.05) is 41.3 Å². The Hall–Kier alpha value is -3.35. The fourth-order valence-corrected chi connectivity index (χ4v) is 4.08. The van der Waals surface area contributed by atoms with Gasteiger partial charge in [-0.15, -0.1) is 0 Å². The maximum absolute atomic E-state index is 13.1. The molecule has 0 unspecified atom stereocenters. The van der Waals surface area contributed by atoms with Crippen molar-refractivity contribution < 1.29 is 14.3 Å². The molecule has 1 heterocycles. The lowest BCUT2D eigenvalue weighted by atomic mass is 9.92. The van der Waals surface area contributed by atoms with Gasteiger partial charge in [0.05, 0.1) is 12.8 Å². The molecule has 0 aromatic heterocycles. The summed E-state index contributed by atoms with van der Waals surface area (Å²) in [4.78, 5) is 15.0. The Balaban J connectivity index is 1.85. The Labute approximate surface area is 182 Å². The van der Waals surface area contributed by atoms with E-state index in [0.29, 0.717) is 28.5 Å². The molecule has 162 valence electrons. The second-order valence-electron chi connectivity index (χ2n) is 8.02. The van der Waals surface area contributed by atoms with Gasteiger partial charge in [-0.25, -0.2) is 5.53 Å². The largest absolute Gasteiger partial charge is 0.497 e. The van der Waals surface area contributed by atoms with Gasteiger partial charge in [-0.3, -0.25) is 4.79 Å². The number of carbonyl (C=O) groups is 1. The second-order valence-corrected chi connectivity index (χ2v) is 8.02. The van der Waals surface area contributed by atoms with Gasteiger partial charge >= 0.3 is 0 Å². The Morgan fingerprint density at radius 3 is 2.68 bits per heavy atom. The molecule has 7 heteroatoms. The number of methoxy groups -OCH3 is 1. The van der Waals surface area contributed by atoms with E-state index >= 15 is 0 Å². The van der Waals surface area contributed by atoms with Crippen LogP contribution >= 0.6 is 0 Å². The number of amides is 1. The highest BCUT2D eigenvalue weighted by molar-refractivity contribution is 5.99. The molecule has 0 radical (unpaired) electrons. The van der Waals surface area contributed by atoms with Crippen LogP contribution < -0.4 is 19.7 Å². The molecule has 2 aliphatic rings. The van der Waals surface area contributed by atoms with Crippen molar-refractivity contribution >= 4 is 17.3 Å². The Bertz CT molecular complexity index is 1030. The lowest BCUT2D eigenvalue weighted by Gasteiger charge is -2.36. The minimum absolute atomic E-state index is 0.138. The predicted octanol–water partition coefficient (Wildman–Crippen LogP) is 5.11. The van der Waals surface area contributed by atoms with E-state index in [1.165, 1.54) is 0 Å². The van der Waals surface area contributed by atoms with E-state index in [4.69, 9.17) is 15.0 Å². The normalized spacial score (nSPS) is 18.2. The topological polar surface area (TPSA) is 87.0 Å². The van der Waals surface area contributed by atoms with Gasteiger partial charge < -0.3 is 19.7 Å². The minimum atomic E-state index is 0.138. The molecule has 31 heavy (non-hydrogen) atoms. The van der Waals surface area contributed by atoms with Crippen LogP contribution in [0.1, 0.15) is 37.3 Å². The summed E-state index contributed by atoms with van der Waals surface area (Å²) in [5.74, 6) is 2.29. The monoisotopic (exact) mass is 420 g/mol. The average molecular weight is 421 g/mol. The summed E-state index contributed by atoms with van der Waals surface area (Å²) in [7, 11) is 3.38. The smallest absolute Gasteiger partial charge is 0.230 e. The van der Waals surface area contributed by atoms with E-state index in [2.05, 4.69) is 17.4 Å². The fourth-order valence-electron chi connectivity index (χ4n) is 4.08. The molecule has 2 N–H and O–H groups in total. The molecule has 1 amide bonds.